The van der Waals surface area contributed by atoms with Gasteiger partial charge in [-0.3, -0.25) is 0 Å². The molecule has 0 bridgehead atoms. The van der Waals surface area contributed by atoms with E-state index in [0.29, 0.717) is 0 Å². The Balaban J connectivity index is 3.76. The topological polar surface area (TPSA) is 85.2 Å². The summed E-state index contributed by atoms with van der Waals surface area (Å²) in [7, 11) is -4.88. The molecule has 0 saturated heterocycles. The molecular weight excluding hydrogens is 376 g/mol. The zero-order valence-corrected chi connectivity index (χ0v) is 21.5. The van der Waals surface area contributed by atoms with E-state index >= 15 is 0 Å². The molecule has 0 aromatic carbocycles. The zero-order valence-electron chi connectivity index (χ0n) is 19.7. The Bertz CT molecular complexity index is 605. The molecule has 0 unspecified atom stereocenters. The van der Waals surface area contributed by atoms with Crippen LogP contribution in [0.3, 0.4) is 0 Å². The van der Waals surface area contributed by atoms with Crippen molar-refractivity contribution in [1.29, 1.82) is 0 Å². The van der Waals surface area contributed by atoms with Crippen LogP contribution >= 0.6 is 15.0 Å². The average Bonchev–Trinajstić information content (AvgIpc) is 2.12. The highest BCUT2D eigenvalue weighted by atomic mass is 31.2. The Morgan fingerprint density at radius 1 is 0.556 bits per heavy atom. The van der Waals surface area contributed by atoms with Gasteiger partial charge in [0.1, 0.15) is 5.84 Å². The third-order valence-electron chi connectivity index (χ3n) is 2.80. The molecule has 1 heterocycles. The van der Waals surface area contributed by atoms with Crippen LogP contribution in [0.4, 0.5) is 0 Å². The van der Waals surface area contributed by atoms with Gasteiger partial charge in [0.15, 0.2) is 0 Å². The van der Waals surface area contributed by atoms with Crippen molar-refractivity contribution in [2.75, 3.05) is 0 Å². The molecule has 27 heavy (non-hydrogen) atoms. The van der Waals surface area contributed by atoms with Gasteiger partial charge in [-0.25, -0.2) is 29.9 Å². The Labute approximate surface area is 167 Å². The van der Waals surface area contributed by atoms with Gasteiger partial charge in [-0.05, 0) is 90.0 Å². The van der Waals surface area contributed by atoms with E-state index in [-0.39, 0.29) is 22.2 Å². The second kappa shape index (κ2) is 7.66. The van der Waals surface area contributed by atoms with Crippen LogP contribution in [0.5, 0.6) is 0 Å². The van der Waals surface area contributed by atoms with Gasteiger partial charge < -0.3 is 0 Å². The second-order valence-corrected chi connectivity index (χ2v) is 15.9. The normalized spacial score (nSPS) is 20.6. The fraction of sp³-hybridized carbons (Fsp3) is 0.944. The molecule has 1 aliphatic rings. The van der Waals surface area contributed by atoms with Crippen molar-refractivity contribution < 1.29 is 0 Å². The Morgan fingerprint density at radius 2 is 0.852 bits per heavy atom. The van der Waals surface area contributed by atoms with Crippen molar-refractivity contribution in [1.82, 2.24) is 20.3 Å². The molecule has 0 aromatic heterocycles. The summed E-state index contributed by atoms with van der Waals surface area (Å²) in [6.07, 6.45) is 0. The number of amidine groups is 1. The number of nitrogens with zero attached hydrogens (tertiary/aromatic N) is 3. The molecule has 0 saturated carbocycles. The molecule has 4 N–H and O–H groups in total. The first-order chi connectivity index (χ1) is 11.6. The molecule has 1 aliphatic heterocycles. The van der Waals surface area contributed by atoms with Gasteiger partial charge in [0.05, 0.1) is 0 Å². The molecule has 7 nitrogen and oxygen atoms in total. The van der Waals surface area contributed by atoms with Crippen LogP contribution in [0.25, 0.3) is 0 Å². The van der Waals surface area contributed by atoms with E-state index in [1.807, 2.05) is 6.92 Å². The molecule has 0 aromatic rings. The summed E-state index contributed by atoms with van der Waals surface area (Å²) in [6.45, 7) is 27.8. The lowest BCUT2D eigenvalue weighted by Crippen LogP contribution is -2.46. The molecule has 0 fully saturated rings. The smallest absolute Gasteiger partial charge is 0.215 e. The van der Waals surface area contributed by atoms with Crippen LogP contribution in [0.1, 0.15) is 90.0 Å². The number of hydrogen-bond donors (Lipinski definition) is 4. The third-order valence-corrected chi connectivity index (χ3v) is 9.96. The maximum atomic E-state index is 5.36. The van der Waals surface area contributed by atoms with E-state index in [9.17, 15) is 0 Å². The SMILES string of the molecule is CC1=NP(NC(C)(C)C)(NC(C)(C)C)=NP(NC(C)(C)C)(NC(C)(C)C)=N1. The van der Waals surface area contributed by atoms with Crippen molar-refractivity contribution in [3.8, 4) is 0 Å². The van der Waals surface area contributed by atoms with Gasteiger partial charge >= 0.3 is 0 Å². The van der Waals surface area contributed by atoms with Gasteiger partial charge in [-0.2, -0.15) is 4.52 Å². The van der Waals surface area contributed by atoms with Gasteiger partial charge in [0, 0.05) is 22.2 Å². The highest BCUT2D eigenvalue weighted by Crippen LogP contribution is 2.62. The lowest BCUT2D eigenvalue weighted by molar-refractivity contribution is 0.486. The standard InChI is InChI=1S/C18H43N7P2/c1-14-19-26(21-15(2,3)4,22-16(5,6)7)25-27(20-14,23-17(8,9)10)24-18(11,12)13/h21-24H,1-13H3. The number of hydrogen-bond acceptors (Lipinski definition) is 7. The lowest BCUT2D eigenvalue weighted by Gasteiger charge is -2.42. The molecule has 0 atom stereocenters. The van der Waals surface area contributed by atoms with Crippen molar-refractivity contribution in [2.24, 2.45) is 14.0 Å². The minimum Gasteiger partial charge on any atom is -0.248 e. The third kappa shape index (κ3) is 9.34. The van der Waals surface area contributed by atoms with Gasteiger partial charge in [0.2, 0.25) is 15.0 Å². The predicted octanol–water partition coefficient (Wildman–Crippen LogP) is 5.86. The molecule has 0 radical (unpaired) electrons. The molecule has 0 spiro atoms. The molecule has 0 aliphatic carbocycles. The summed E-state index contributed by atoms with van der Waals surface area (Å²) in [5.74, 6) is 0.772. The number of rotatable bonds is 4. The minimum atomic E-state index is -2.44. The summed E-state index contributed by atoms with van der Waals surface area (Å²) in [5.41, 5.74) is -0.572. The van der Waals surface area contributed by atoms with Crippen LogP contribution in [0.15, 0.2) is 14.0 Å². The average molecular weight is 420 g/mol. The van der Waals surface area contributed by atoms with Crippen molar-refractivity contribution in [3.63, 3.8) is 0 Å². The monoisotopic (exact) mass is 419 g/mol. The predicted molar refractivity (Wildman–Crippen MR) is 123 cm³/mol. The van der Waals surface area contributed by atoms with Crippen molar-refractivity contribution >= 4 is 20.8 Å². The van der Waals surface area contributed by atoms with Gasteiger partial charge in [0.25, 0.3) is 0 Å². The maximum Gasteiger partial charge on any atom is 0.215 e. The Morgan fingerprint density at radius 3 is 1.15 bits per heavy atom. The number of nitrogens with one attached hydrogen (secondary N) is 4. The van der Waals surface area contributed by atoms with Crippen molar-refractivity contribution in [3.05, 3.63) is 0 Å². The summed E-state index contributed by atoms with van der Waals surface area (Å²) >= 11 is 0. The molecule has 160 valence electrons. The first kappa shape index (κ1) is 25.0. The second-order valence-electron chi connectivity index (χ2n) is 11.5. The Kier molecular flexibility index (Phi) is 7.10. The van der Waals surface area contributed by atoms with Crippen molar-refractivity contribution in [2.45, 2.75) is 112 Å². The first-order valence-electron chi connectivity index (χ1n) is 9.64. The maximum absolute atomic E-state index is 5.36. The van der Waals surface area contributed by atoms with Crippen LogP contribution in [0.2, 0.25) is 0 Å². The first-order valence-corrected chi connectivity index (χ1v) is 13.0. The van der Waals surface area contributed by atoms with E-state index in [2.05, 4.69) is 103 Å². The summed E-state index contributed by atoms with van der Waals surface area (Å²) in [5, 5.41) is 14.9. The highest BCUT2D eigenvalue weighted by molar-refractivity contribution is 7.73. The minimum absolute atomic E-state index is 0.143. The summed E-state index contributed by atoms with van der Waals surface area (Å²) in [4.78, 5) is 0. The zero-order chi connectivity index (χ0) is 21.5. The van der Waals surface area contributed by atoms with E-state index in [1.165, 1.54) is 0 Å². The fourth-order valence-electron chi connectivity index (χ4n) is 2.78. The Hall–Kier alpha value is -0.0300. The summed E-state index contributed by atoms with van der Waals surface area (Å²) in [6, 6.07) is 0. The van der Waals surface area contributed by atoms with Gasteiger partial charge in [-0.1, -0.05) is 0 Å². The highest BCUT2D eigenvalue weighted by Gasteiger charge is 2.39. The van der Waals surface area contributed by atoms with E-state index in [4.69, 9.17) is 14.0 Å². The van der Waals surface area contributed by atoms with E-state index in [0.717, 1.165) is 5.84 Å². The largest absolute Gasteiger partial charge is 0.248 e. The summed E-state index contributed by atoms with van der Waals surface area (Å²) < 4.78 is 15.3. The van der Waals surface area contributed by atoms with Crippen LogP contribution in [0, 0.1) is 0 Å². The fourth-order valence-corrected chi connectivity index (χ4v) is 10.4. The van der Waals surface area contributed by atoms with E-state index < -0.39 is 15.0 Å². The van der Waals surface area contributed by atoms with Crippen LogP contribution in [-0.4, -0.2) is 28.0 Å². The molecular formula is C18H43N7P2. The molecule has 1 rings (SSSR count). The van der Waals surface area contributed by atoms with Crippen LogP contribution < -0.4 is 20.3 Å². The lowest BCUT2D eigenvalue weighted by atomic mass is 10.1. The quantitative estimate of drug-likeness (QED) is 0.430. The molecule has 9 heteroatoms. The van der Waals surface area contributed by atoms with Crippen LogP contribution in [-0.2, 0) is 0 Å². The van der Waals surface area contributed by atoms with E-state index in [1.54, 1.807) is 0 Å². The van der Waals surface area contributed by atoms with Gasteiger partial charge in [-0.15, -0.1) is 0 Å². The molecule has 0 amide bonds.